The Bertz CT molecular complexity index is 205. The number of amides is 2. The smallest absolute Gasteiger partial charge is 0.320 e. The van der Waals surface area contributed by atoms with Crippen LogP contribution in [0.4, 0.5) is 4.79 Å². The molecule has 0 spiro atoms. The first kappa shape index (κ1) is 11.8. The van der Waals surface area contributed by atoms with Crippen molar-refractivity contribution in [1.82, 2.24) is 9.80 Å². The summed E-state index contributed by atoms with van der Waals surface area (Å²) in [6.07, 6.45) is 0. The summed E-state index contributed by atoms with van der Waals surface area (Å²) in [5.41, 5.74) is 0. The highest BCUT2D eigenvalue weighted by Gasteiger charge is 2.18. The molecule has 1 atom stereocenters. The Morgan fingerprint density at radius 3 is 2.23 bits per heavy atom. The van der Waals surface area contributed by atoms with Gasteiger partial charge in [0.1, 0.15) is 6.04 Å². The maximum Gasteiger partial charge on any atom is 0.320 e. The van der Waals surface area contributed by atoms with Crippen LogP contribution in [-0.2, 0) is 0 Å². The minimum Gasteiger partial charge on any atom is -0.325 e. The first-order valence-electron chi connectivity index (χ1n) is 4.49. The van der Waals surface area contributed by atoms with Crippen molar-refractivity contribution in [2.45, 2.75) is 26.8 Å². The summed E-state index contributed by atoms with van der Waals surface area (Å²) < 4.78 is 0. The molecule has 13 heavy (non-hydrogen) atoms. The standard InChI is InChI=1S/C9H17N3O/c1-5-12(6-2)9(13)11(4)8(3)7-10/h8H,5-6H2,1-4H3. The van der Waals surface area contributed by atoms with Gasteiger partial charge in [0, 0.05) is 20.1 Å². The summed E-state index contributed by atoms with van der Waals surface area (Å²) in [4.78, 5) is 14.7. The predicted octanol–water partition coefficient (Wildman–Crippen LogP) is 1.29. The zero-order chi connectivity index (χ0) is 10.4. The summed E-state index contributed by atoms with van der Waals surface area (Å²) in [5.74, 6) is 0. The first-order chi connectivity index (χ1) is 6.08. The van der Waals surface area contributed by atoms with Gasteiger partial charge in [0.2, 0.25) is 0 Å². The van der Waals surface area contributed by atoms with Crippen LogP contribution in [0.1, 0.15) is 20.8 Å². The van der Waals surface area contributed by atoms with Gasteiger partial charge in [-0.15, -0.1) is 0 Å². The quantitative estimate of drug-likeness (QED) is 0.662. The molecule has 0 radical (unpaired) electrons. The van der Waals surface area contributed by atoms with Crippen molar-refractivity contribution in [1.29, 1.82) is 5.26 Å². The second-order valence-electron chi connectivity index (χ2n) is 2.87. The summed E-state index contributed by atoms with van der Waals surface area (Å²) >= 11 is 0. The first-order valence-corrected chi connectivity index (χ1v) is 4.49. The van der Waals surface area contributed by atoms with E-state index in [1.807, 2.05) is 19.9 Å². The number of urea groups is 1. The van der Waals surface area contributed by atoms with Crippen molar-refractivity contribution in [2.75, 3.05) is 20.1 Å². The fraction of sp³-hybridized carbons (Fsp3) is 0.778. The van der Waals surface area contributed by atoms with Gasteiger partial charge in [0.15, 0.2) is 0 Å². The number of nitrogens with zero attached hydrogens (tertiary/aromatic N) is 3. The highest BCUT2D eigenvalue weighted by molar-refractivity contribution is 5.74. The average Bonchev–Trinajstić information content (AvgIpc) is 2.17. The summed E-state index contributed by atoms with van der Waals surface area (Å²) in [5, 5.41) is 8.62. The summed E-state index contributed by atoms with van der Waals surface area (Å²) in [6, 6.07) is 1.58. The Morgan fingerprint density at radius 1 is 1.46 bits per heavy atom. The Hall–Kier alpha value is -1.24. The van der Waals surface area contributed by atoms with Gasteiger partial charge in [-0.05, 0) is 20.8 Å². The molecule has 0 aromatic rings. The SMILES string of the molecule is CCN(CC)C(=O)N(C)C(C)C#N. The Balaban J connectivity index is 4.33. The van der Waals surface area contributed by atoms with Gasteiger partial charge in [0.05, 0.1) is 6.07 Å². The average molecular weight is 183 g/mol. The summed E-state index contributed by atoms with van der Waals surface area (Å²) in [6.45, 7) is 6.91. The molecule has 0 aromatic carbocycles. The molecule has 0 fully saturated rings. The van der Waals surface area contributed by atoms with Crippen molar-refractivity contribution < 1.29 is 4.79 Å². The molecule has 4 nitrogen and oxygen atoms in total. The second kappa shape index (κ2) is 5.41. The van der Waals surface area contributed by atoms with Crippen molar-refractivity contribution in [2.24, 2.45) is 0 Å². The molecule has 4 heteroatoms. The lowest BCUT2D eigenvalue weighted by atomic mass is 10.3. The van der Waals surface area contributed by atoms with Gasteiger partial charge in [-0.25, -0.2) is 4.79 Å². The van der Waals surface area contributed by atoms with E-state index in [-0.39, 0.29) is 12.1 Å². The van der Waals surface area contributed by atoms with Crippen LogP contribution < -0.4 is 0 Å². The number of carbonyl (C=O) groups is 1. The molecular formula is C9H17N3O. The van der Waals surface area contributed by atoms with Crippen molar-refractivity contribution in [3.8, 4) is 6.07 Å². The van der Waals surface area contributed by atoms with Gasteiger partial charge in [-0.2, -0.15) is 5.26 Å². The van der Waals surface area contributed by atoms with Crippen LogP contribution in [0.3, 0.4) is 0 Å². The number of hydrogen-bond acceptors (Lipinski definition) is 2. The molecule has 0 saturated carbocycles. The zero-order valence-electron chi connectivity index (χ0n) is 8.74. The third-order valence-corrected chi connectivity index (χ3v) is 2.10. The Morgan fingerprint density at radius 2 is 1.92 bits per heavy atom. The van der Waals surface area contributed by atoms with Crippen molar-refractivity contribution in [3.05, 3.63) is 0 Å². The third kappa shape index (κ3) is 2.94. The van der Waals surface area contributed by atoms with E-state index in [0.29, 0.717) is 13.1 Å². The van der Waals surface area contributed by atoms with Crippen LogP contribution >= 0.6 is 0 Å². The molecular weight excluding hydrogens is 166 g/mol. The zero-order valence-corrected chi connectivity index (χ0v) is 8.74. The Kier molecular flexibility index (Phi) is 4.90. The number of hydrogen-bond donors (Lipinski definition) is 0. The van der Waals surface area contributed by atoms with Crippen LogP contribution in [-0.4, -0.2) is 42.0 Å². The van der Waals surface area contributed by atoms with Gasteiger partial charge >= 0.3 is 6.03 Å². The van der Waals surface area contributed by atoms with E-state index in [0.717, 1.165) is 0 Å². The molecule has 0 aliphatic heterocycles. The van der Waals surface area contributed by atoms with Crippen molar-refractivity contribution >= 4 is 6.03 Å². The van der Waals surface area contributed by atoms with Crippen molar-refractivity contribution in [3.63, 3.8) is 0 Å². The molecule has 0 bridgehead atoms. The van der Waals surface area contributed by atoms with Crippen LogP contribution in [0, 0.1) is 11.3 Å². The minimum atomic E-state index is -0.368. The predicted molar refractivity (Wildman–Crippen MR) is 51.2 cm³/mol. The molecule has 0 heterocycles. The van der Waals surface area contributed by atoms with Crippen LogP contribution in [0.2, 0.25) is 0 Å². The third-order valence-electron chi connectivity index (χ3n) is 2.10. The molecule has 2 amide bonds. The second-order valence-corrected chi connectivity index (χ2v) is 2.87. The molecule has 0 rings (SSSR count). The molecule has 0 aromatic heterocycles. The fourth-order valence-corrected chi connectivity index (χ4v) is 0.969. The van der Waals surface area contributed by atoms with Gasteiger partial charge in [0.25, 0.3) is 0 Å². The fourth-order valence-electron chi connectivity index (χ4n) is 0.969. The molecule has 0 aliphatic rings. The van der Waals surface area contributed by atoms with E-state index in [4.69, 9.17) is 5.26 Å². The normalized spacial score (nSPS) is 11.6. The Labute approximate surface area is 79.7 Å². The number of nitriles is 1. The lowest BCUT2D eigenvalue weighted by molar-refractivity contribution is 0.162. The van der Waals surface area contributed by atoms with Gasteiger partial charge < -0.3 is 9.80 Å². The van der Waals surface area contributed by atoms with E-state index in [9.17, 15) is 4.79 Å². The number of rotatable bonds is 3. The van der Waals surface area contributed by atoms with E-state index in [1.165, 1.54) is 4.90 Å². The topological polar surface area (TPSA) is 47.3 Å². The van der Waals surface area contributed by atoms with Crippen LogP contribution in [0.15, 0.2) is 0 Å². The highest BCUT2D eigenvalue weighted by Crippen LogP contribution is 2.00. The lowest BCUT2D eigenvalue weighted by Crippen LogP contribution is -2.44. The van der Waals surface area contributed by atoms with Crippen LogP contribution in [0.25, 0.3) is 0 Å². The molecule has 0 N–H and O–H groups in total. The summed E-state index contributed by atoms with van der Waals surface area (Å²) in [7, 11) is 1.65. The van der Waals surface area contributed by atoms with Gasteiger partial charge in [-0.1, -0.05) is 0 Å². The van der Waals surface area contributed by atoms with E-state index >= 15 is 0 Å². The van der Waals surface area contributed by atoms with Crippen LogP contribution in [0.5, 0.6) is 0 Å². The maximum atomic E-state index is 11.6. The van der Waals surface area contributed by atoms with E-state index in [2.05, 4.69) is 0 Å². The molecule has 0 aliphatic carbocycles. The largest absolute Gasteiger partial charge is 0.325 e. The van der Waals surface area contributed by atoms with E-state index < -0.39 is 0 Å². The molecule has 74 valence electrons. The van der Waals surface area contributed by atoms with Gasteiger partial charge in [-0.3, -0.25) is 0 Å². The molecule has 0 saturated heterocycles. The minimum absolute atomic E-state index is 0.0842. The number of carbonyl (C=O) groups excluding carboxylic acids is 1. The highest BCUT2D eigenvalue weighted by atomic mass is 16.2. The monoisotopic (exact) mass is 183 g/mol. The molecule has 1 unspecified atom stereocenters. The van der Waals surface area contributed by atoms with E-state index in [1.54, 1.807) is 18.9 Å². The lowest BCUT2D eigenvalue weighted by Gasteiger charge is -2.27. The maximum absolute atomic E-state index is 11.6.